The number of nitrogens with one attached hydrogen (secondary N) is 1. The number of carbonyl (C=O) groups is 1. The summed E-state index contributed by atoms with van der Waals surface area (Å²) in [5.41, 5.74) is 0.767. The topological polar surface area (TPSA) is 29.1 Å². The molecule has 1 N–H and O–H groups in total. The van der Waals surface area contributed by atoms with E-state index in [1.807, 2.05) is 0 Å². The lowest BCUT2D eigenvalue weighted by Gasteiger charge is -2.04. The number of halogens is 1. The molecule has 0 aliphatic carbocycles. The van der Waals surface area contributed by atoms with Crippen LogP contribution < -0.4 is 5.32 Å². The number of amides is 1. The van der Waals surface area contributed by atoms with Gasteiger partial charge < -0.3 is 5.32 Å². The number of benzene rings is 1. The number of hydrogen-bond acceptors (Lipinski definition) is 2. The van der Waals surface area contributed by atoms with Gasteiger partial charge in [0.05, 0.1) is 5.75 Å². The van der Waals surface area contributed by atoms with Gasteiger partial charge in [0, 0.05) is 16.5 Å². The van der Waals surface area contributed by atoms with Crippen LogP contribution in [0.5, 0.6) is 0 Å². The Morgan fingerprint density at radius 3 is 2.73 bits per heavy atom. The number of anilines is 1. The Labute approximate surface area is 98.7 Å². The van der Waals surface area contributed by atoms with Crippen LogP contribution in [-0.4, -0.2) is 17.4 Å². The molecular formula is C11H12ClNOS. The van der Waals surface area contributed by atoms with Crippen molar-refractivity contribution in [3.05, 3.63) is 41.9 Å². The van der Waals surface area contributed by atoms with Crippen LogP contribution in [0.3, 0.4) is 0 Å². The quantitative estimate of drug-likeness (QED) is 0.634. The molecule has 1 rings (SSSR count). The Balaban J connectivity index is 2.37. The van der Waals surface area contributed by atoms with Crippen molar-refractivity contribution in [1.29, 1.82) is 0 Å². The average Bonchev–Trinajstić information content (AvgIpc) is 2.22. The van der Waals surface area contributed by atoms with Gasteiger partial charge in [-0.2, -0.15) is 0 Å². The summed E-state index contributed by atoms with van der Waals surface area (Å²) in [5.74, 6) is 1.21. The molecule has 1 aromatic rings. The lowest BCUT2D eigenvalue weighted by molar-refractivity contribution is -0.113. The molecular weight excluding hydrogens is 230 g/mol. The van der Waals surface area contributed by atoms with Gasteiger partial charge in [-0.25, -0.2) is 0 Å². The van der Waals surface area contributed by atoms with Gasteiger partial charge in [-0.3, -0.25) is 4.79 Å². The molecule has 0 bridgehead atoms. The van der Waals surface area contributed by atoms with E-state index in [0.29, 0.717) is 10.8 Å². The third-order valence-corrected chi connectivity index (χ3v) is 2.79. The molecule has 0 heterocycles. The zero-order valence-electron chi connectivity index (χ0n) is 8.20. The van der Waals surface area contributed by atoms with Crippen LogP contribution in [0.25, 0.3) is 0 Å². The number of carbonyl (C=O) groups excluding carboxylic acids is 1. The van der Waals surface area contributed by atoms with Gasteiger partial charge in [-0.15, -0.1) is 18.3 Å². The van der Waals surface area contributed by atoms with Crippen molar-refractivity contribution in [3.63, 3.8) is 0 Å². The SMILES string of the molecule is C=CCSCC(=O)Nc1ccc(Cl)cc1. The Morgan fingerprint density at radius 2 is 2.13 bits per heavy atom. The van der Waals surface area contributed by atoms with Crippen LogP contribution in [0.4, 0.5) is 5.69 Å². The van der Waals surface area contributed by atoms with Gasteiger partial charge in [-0.1, -0.05) is 17.7 Å². The predicted molar refractivity (Wildman–Crippen MR) is 67.6 cm³/mol. The summed E-state index contributed by atoms with van der Waals surface area (Å²) in [7, 11) is 0. The lowest BCUT2D eigenvalue weighted by atomic mass is 10.3. The standard InChI is InChI=1S/C11H12ClNOS/c1-2-7-15-8-11(14)13-10-5-3-9(12)4-6-10/h2-6H,1,7-8H2,(H,13,14). The third kappa shape index (κ3) is 4.91. The highest BCUT2D eigenvalue weighted by molar-refractivity contribution is 8.00. The fraction of sp³-hybridized carbons (Fsp3) is 0.182. The molecule has 0 aliphatic heterocycles. The fourth-order valence-electron chi connectivity index (χ4n) is 0.965. The normalized spacial score (nSPS) is 9.67. The van der Waals surface area contributed by atoms with Crippen molar-refractivity contribution < 1.29 is 4.79 Å². The van der Waals surface area contributed by atoms with E-state index in [1.165, 1.54) is 11.8 Å². The molecule has 1 aromatic carbocycles. The third-order valence-electron chi connectivity index (χ3n) is 1.60. The predicted octanol–water partition coefficient (Wildman–Crippen LogP) is 3.20. The van der Waals surface area contributed by atoms with Crippen LogP contribution in [0.1, 0.15) is 0 Å². The van der Waals surface area contributed by atoms with Crippen molar-refractivity contribution in [3.8, 4) is 0 Å². The molecule has 0 fully saturated rings. The first-order valence-corrected chi connectivity index (χ1v) is 5.99. The van der Waals surface area contributed by atoms with Crippen molar-refractivity contribution in [2.45, 2.75) is 0 Å². The summed E-state index contributed by atoms with van der Waals surface area (Å²) in [6.45, 7) is 3.58. The maximum absolute atomic E-state index is 11.4. The molecule has 0 spiro atoms. The van der Waals surface area contributed by atoms with E-state index in [2.05, 4.69) is 11.9 Å². The fourth-order valence-corrected chi connectivity index (χ4v) is 1.63. The van der Waals surface area contributed by atoms with Crippen LogP contribution in [0.2, 0.25) is 5.02 Å². The summed E-state index contributed by atoms with van der Waals surface area (Å²) < 4.78 is 0. The molecule has 0 radical (unpaired) electrons. The smallest absolute Gasteiger partial charge is 0.234 e. The van der Waals surface area contributed by atoms with Crippen molar-refractivity contribution in [2.75, 3.05) is 16.8 Å². The summed E-state index contributed by atoms with van der Waals surface area (Å²) >= 11 is 7.25. The second-order valence-corrected chi connectivity index (χ2v) is 4.33. The van der Waals surface area contributed by atoms with E-state index in [9.17, 15) is 4.79 Å². The zero-order valence-corrected chi connectivity index (χ0v) is 9.77. The van der Waals surface area contributed by atoms with Crippen molar-refractivity contribution >= 4 is 35.0 Å². The minimum absolute atomic E-state index is 0.0100. The molecule has 15 heavy (non-hydrogen) atoms. The molecule has 2 nitrogen and oxygen atoms in total. The van der Waals surface area contributed by atoms with Gasteiger partial charge in [-0.05, 0) is 24.3 Å². The van der Waals surface area contributed by atoms with E-state index in [1.54, 1.807) is 30.3 Å². The average molecular weight is 242 g/mol. The molecule has 0 aliphatic rings. The van der Waals surface area contributed by atoms with E-state index in [4.69, 9.17) is 11.6 Å². The molecule has 0 aromatic heterocycles. The van der Waals surface area contributed by atoms with Gasteiger partial charge in [0.2, 0.25) is 5.91 Å². The largest absolute Gasteiger partial charge is 0.325 e. The first kappa shape index (κ1) is 12.1. The summed E-state index contributed by atoms with van der Waals surface area (Å²) in [6.07, 6.45) is 1.78. The van der Waals surface area contributed by atoms with Crippen molar-refractivity contribution in [1.82, 2.24) is 0 Å². The first-order valence-electron chi connectivity index (χ1n) is 4.46. The van der Waals surface area contributed by atoms with Gasteiger partial charge >= 0.3 is 0 Å². The summed E-state index contributed by atoms with van der Waals surface area (Å²) in [5, 5.41) is 3.44. The lowest BCUT2D eigenvalue weighted by Crippen LogP contribution is -2.14. The van der Waals surface area contributed by atoms with E-state index in [-0.39, 0.29) is 5.91 Å². The maximum Gasteiger partial charge on any atom is 0.234 e. The van der Waals surface area contributed by atoms with E-state index >= 15 is 0 Å². The summed E-state index contributed by atoms with van der Waals surface area (Å²) in [6, 6.07) is 7.04. The van der Waals surface area contributed by atoms with Gasteiger partial charge in [0.25, 0.3) is 0 Å². The van der Waals surface area contributed by atoms with Gasteiger partial charge in [0.15, 0.2) is 0 Å². The Hall–Kier alpha value is -0.930. The highest BCUT2D eigenvalue weighted by Gasteiger charge is 2.01. The Morgan fingerprint density at radius 1 is 1.47 bits per heavy atom. The minimum atomic E-state index is -0.0100. The first-order chi connectivity index (χ1) is 7.22. The van der Waals surface area contributed by atoms with Crippen LogP contribution in [-0.2, 0) is 4.79 Å². The van der Waals surface area contributed by atoms with E-state index < -0.39 is 0 Å². The molecule has 0 unspecified atom stereocenters. The monoisotopic (exact) mass is 241 g/mol. The second-order valence-electron chi connectivity index (χ2n) is 2.86. The van der Waals surface area contributed by atoms with Gasteiger partial charge in [0.1, 0.15) is 0 Å². The van der Waals surface area contributed by atoms with Crippen molar-refractivity contribution in [2.24, 2.45) is 0 Å². The Kier molecular flexibility index (Phi) is 5.29. The van der Waals surface area contributed by atoms with Crippen LogP contribution in [0, 0.1) is 0 Å². The molecule has 0 atom stereocenters. The second kappa shape index (κ2) is 6.53. The molecule has 4 heteroatoms. The highest BCUT2D eigenvalue weighted by atomic mass is 35.5. The Bertz CT molecular complexity index is 337. The minimum Gasteiger partial charge on any atom is -0.325 e. The summed E-state index contributed by atoms with van der Waals surface area (Å²) in [4.78, 5) is 11.4. The maximum atomic E-state index is 11.4. The molecule has 0 saturated carbocycles. The highest BCUT2D eigenvalue weighted by Crippen LogP contribution is 2.13. The molecule has 80 valence electrons. The zero-order chi connectivity index (χ0) is 11.1. The number of thioether (sulfide) groups is 1. The van der Waals surface area contributed by atoms with Crippen LogP contribution >= 0.6 is 23.4 Å². The molecule has 0 saturated heterocycles. The molecule has 1 amide bonds. The van der Waals surface area contributed by atoms with Crippen LogP contribution in [0.15, 0.2) is 36.9 Å². The number of rotatable bonds is 5. The van der Waals surface area contributed by atoms with E-state index in [0.717, 1.165) is 11.4 Å². The number of hydrogen-bond donors (Lipinski definition) is 1.